The molecule has 0 aliphatic carbocycles. The quantitative estimate of drug-likeness (QED) is 0.521. The molecule has 0 aliphatic rings. The van der Waals surface area contributed by atoms with Crippen LogP contribution in [0.2, 0.25) is 0 Å². The van der Waals surface area contributed by atoms with Crippen LogP contribution in [0, 0.1) is 18.6 Å². The molecule has 8 nitrogen and oxygen atoms in total. The molecule has 0 aliphatic heterocycles. The first-order chi connectivity index (χ1) is 12.9. The molecule has 0 unspecified atom stereocenters. The number of carbonyl (C=O) groups is 1. The highest BCUT2D eigenvalue weighted by atomic mass is 32.1. The fourth-order valence-electron chi connectivity index (χ4n) is 2.92. The lowest BCUT2D eigenvalue weighted by atomic mass is 10.2. The Hall–Kier alpha value is -2.33. The molecule has 0 saturated carbocycles. The second-order valence-corrected chi connectivity index (χ2v) is 7.86. The molecule has 0 spiro atoms. The van der Waals surface area contributed by atoms with E-state index in [0.717, 1.165) is 27.6 Å². The number of fused-ring (bicyclic) bond motifs is 1. The minimum absolute atomic E-state index is 0.0894. The standard InChI is InChI=1S/C17H22N6O2S2/c1-4-23-12(21-22-17(23)26)7-8-18-13(24)6-5-11-19-15(25)14-9(2)10(3)27-16(14)20-11/h4-8H2,1-3H3,(H,18,24)(H,22,26)(H,19,20,25). The van der Waals surface area contributed by atoms with Gasteiger partial charge in [0.1, 0.15) is 16.5 Å². The van der Waals surface area contributed by atoms with Gasteiger partial charge >= 0.3 is 0 Å². The van der Waals surface area contributed by atoms with Crippen LogP contribution in [0.3, 0.4) is 0 Å². The van der Waals surface area contributed by atoms with E-state index in [0.29, 0.717) is 35.4 Å². The first-order valence-electron chi connectivity index (χ1n) is 8.80. The number of carbonyl (C=O) groups excluding carboxylic acids is 1. The largest absolute Gasteiger partial charge is 0.356 e. The fraction of sp³-hybridized carbons (Fsp3) is 0.471. The first-order valence-corrected chi connectivity index (χ1v) is 10.0. The van der Waals surface area contributed by atoms with Crippen molar-refractivity contribution in [2.45, 2.75) is 46.6 Å². The van der Waals surface area contributed by atoms with Gasteiger partial charge < -0.3 is 14.9 Å². The molecule has 0 saturated heterocycles. The second kappa shape index (κ2) is 8.13. The number of aromatic nitrogens is 5. The summed E-state index contributed by atoms with van der Waals surface area (Å²) in [4.78, 5) is 33.5. The van der Waals surface area contributed by atoms with E-state index in [4.69, 9.17) is 12.2 Å². The van der Waals surface area contributed by atoms with Crippen molar-refractivity contribution in [3.05, 3.63) is 37.2 Å². The molecular weight excluding hydrogens is 384 g/mol. The van der Waals surface area contributed by atoms with Gasteiger partial charge in [-0.25, -0.2) is 4.98 Å². The predicted octanol–water partition coefficient (Wildman–Crippen LogP) is 2.17. The van der Waals surface area contributed by atoms with Crippen molar-refractivity contribution < 1.29 is 4.79 Å². The number of hydrogen-bond donors (Lipinski definition) is 3. The molecule has 144 valence electrons. The number of aromatic amines is 2. The smallest absolute Gasteiger partial charge is 0.259 e. The van der Waals surface area contributed by atoms with Crippen LogP contribution in [0.15, 0.2) is 4.79 Å². The van der Waals surface area contributed by atoms with Crippen LogP contribution in [0.4, 0.5) is 0 Å². The molecule has 0 radical (unpaired) electrons. The molecule has 3 aromatic heterocycles. The normalized spacial score (nSPS) is 11.2. The van der Waals surface area contributed by atoms with Crippen LogP contribution in [-0.2, 0) is 24.2 Å². The van der Waals surface area contributed by atoms with E-state index in [2.05, 4.69) is 25.5 Å². The third kappa shape index (κ3) is 4.16. The second-order valence-electron chi connectivity index (χ2n) is 6.27. The summed E-state index contributed by atoms with van der Waals surface area (Å²) in [6.45, 7) is 7.11. The van der Waals surface area contributed by atoms with Crippen LogP contribution < -0.4 is 10.9 Å². The minimum Gasteiger partial charge on any atom is -0.356 e. The Morgan fingerprint density at radius 3 is 2.85 bits per heavy atom. The lowest BCUT2D eigenvalue weighted by Gasteiger charge is -2.06. The minimum atomic E-state index is -0.139. The van der Waals surface area contributed by atoms with Crippen molar-refractivity contribution >= 4 is 39.7 Å². The molecule has 0 bridgehead atoms. The third-order valence-corrected chi connectivity index (χ3v) is 5.91. The molecular formula is C17H22N6O2S2. The molecule has 10 heteroatoms. The number of hydrogen-bond acceptors (Lipinski definition) is 6. The van der Waals surface area contributed by atoms with Gasteiger partial charge in [0.2, 0.25) is 5.91 Å². The van der Waals surface area contributed by atoms with Crippen molar-refractivity contribution in [2.75, 3.05) is 6.54 Å². The Kier molecular flexibility index (Phi) is 5.85. The molecule has 3 rings (SSSR count). The van der Waals surface area contributed by atoms with E-state index in [-0.39, 0.29) is 17.9 Å². The van der Waals surface area contributed by atoms with E-state index in [9.17, 15) is 9.59 Å². The van der Waals surface area contributed by atoms with Gasteiger partial charge in [0.05, 0.1) is 5.39 Å². The zero-order valence-electron chi connectivity index (χ0n) is 15.5. The topological polar surface area (TPSA) is 108 Å². The van der Waals surface area contributed by atoms with E-state index < -0.39 is 0 Å². The number of H-pyrrole nitrogens is 2. The van der Waals surface area contributed by atoms with Gasteiger partial charge in [-0.05, 0) is 38.6 Å². The molecule has 0 fully saturated rings. The number of nitrogens with zero attached hydrogens (tertiary/aromatic N) is 3. The lowest BCUT2D eigenvalue weighted by molar-refractivity contribution is -0.121. The maximum Gasteiger partial charge on any atom is 0.259 e. The van der Waals surface area contributed by atoms with Crippen LogP contribution in [0.25, 0.3) is 10.2 Å². The highest BCUT2D eigenvalue weighted by molar-refractivity contribution is 7.71. The Morgan fingerprint density at radius 1 is 1.33 bits per heavy atom. The van der Waals surface area contributed by atoms with Gasteiger partial charge in [-0.15, -0.1) is 11.3 Å². The lowest BCUT2D eigenvalue weighted by Crippen LogP contribution is -2.27. The zero-order chi connectivity index (χ0) is 19.6. The summed E-state index contributed by atoms with van der Waals surface area (Å²) in [5.74, 6) is 1.27. The first kappa shape index (κ1) is 19.4. The number of nitrogens with one attached hydrogen (secondary N) is 3. The van der Waals surface area contributed by atoms with Gasteiger partial charge in [-0.1, -0.05) is 0 Å². The van der Waals surface area contributed by atoms with Crippen LogP contribution in [0.5, 0.6) is 0 Å². The zero-order valence-corrected chi connectivity index (χ0v) is 17.1. The molecule has 3 heterocycles. The van der Waals surface area contributed by atoms with Gasteiger partial charge in [0.15, 0.2) is 4.77 Å². The van der Waals surface area contributed by atoms with Crippen LogP contribution >= 0.6 is 23.6 Å². The predicted molar refractivity (Wildman–Crippen MR) is 108 cm³/mol. The van der Waals surface area contributed by atoms with Gasteiger partial charge in [-0.2, -0.15) is 5.10 Å². The number of thiophene rings is 1. The molecule has 0 atom stereocenters. The summed E-state index contributed by atoms with van der Waals surface area (Å²) >= 11 is 6.65. The SMILES string of the molecule is CCn1c(CCNC(=O)CCc2nc3sc(C)c(C)c3c(=O)[nH]2)n[nH]c1=S. The Balaban J connectivity index is 1.55. The third-order valence-electron chi connectivity index (χ3n) is 4.50. The van der Waals surface area contributed by atoms with Gasteiger partial charge in [-0.3, -0.25) is 14.7 Å². The summed E-state index contributed by atoms with van der Waals surface area (Å²) in [5, 5.41) is 10.4. The summed E-state index contributed by atoms with van der Waals surface area (Å²) in [6.07, 6.45) is 1.25. The monoisotopic (exact) mass is 406 g/mol. The average molecular weight is 407 g/mol. The van der Waals surface area contributed by atoms with Gasteiger partial charge in [0, 0.05) is 37.2 Å². The van der Waals surface area contributed by atoms with Crippen LogP contribution in [-0.4, -0.2) is 37.2 Å². The van der Waals surface area contributed by atoms with E-state index in [1.54, 1.807) is 0 Å². The molecule has 3 N–H and O–H groups in total. The van der Waals surface area contributed by atoms with E-state index in [1.807, 2.05) is 25.3 Å². The fourth-order valence-corrected chi connectivity index (χ4v) is 4.25. The van der Waals surface area contributed by atoms with Gasteiger partial charge in [0.25, 0.3) is 5.56 Å². The summed E-state index contributed by atoms with van der Waals surface area (Å²) in [6, 6.07) is 0. The summed E-state index contributed by atoms with van der Waals surface area (Å²) in [7, 11) is 0. The van der Waals surface area contributed by atoms with Crippen molar-refractivity contribution in [3.8, 4) is 0 Å². The van der Waals surface area contributed by atoms with Crippen LogP contribution in [0.1, 0.15) is 35.4 Å². The maximum atomic E-state index is 12.3. The van der Waals surface area contributed by atoms with Crippen molar-refractivity contribution in [2.24, 2.45) is 0 Å². The Bertz CT molecular complexity index is 1090. The molecule has 27 heavy (non-hydrogen) atoms. The van der Waals surface area contributed by atoms with E-state index >= 15 is 0 Å². The maximum absolute atomic E-state index is 12.3. The summed E-state index contributed by atoms with van der Waals surface area (Å²) < 4.78 is 2.49. The molecule has 1 amide bonds. The number of aryl methyl sites for hydroxylation is 3. The summed E-state index contributed by atoms with van der Waals surface area (Å²) in [5.41, 5.74) is 0.831. The average Bonchev–Trinajstić information content (AvgIpc) is 3.12. The highest BCUT2D eigenvalue weighted by Gasteiger charge is 2.13. The van der Waals surface area contributed by atoms with E-state index in [1.165, 1.54) is 11.3 Å². The number of rotatable bonds is 7. The highest BCUT2D eigenvalue weighted by Crippen LogP contribution is 2.25. The Labute approximate surface area is 165 Å². The molecule has 3 aromatic rings. The van der Waals surface area contributed by atoms with Crippen molar-refractivity contribution in [1.82, 2.24) is 30.0 Å². The Morgan fingerprint density at radius 2 is 2.11 bits per heavy atom. The van der Waals surface area contributed by atoms with Crippen molar-refractivity contribution in [1.29, 1.82) is 0 Å². The van der Waals surface area contributed by atoms with Crippen molar-refractivity contribution in [3.63, 3.8) is 0 Å². The molecule has 0 aromatic carbocycles. The number of amides is 1.